The molecule has 2 amide bonds. The number of carbonyl (C=O) groups is 4. The van der Waals surface area contributed by atoms with Gasteiger partial charge in [-0.3, -0.25) is 24.1 Å². The highest BCUT2D eigenvalue weighted by atomic mass is 35.5. The average Bonchev–Trinajstić information content (AvgIpc) is 2.91. The van der Waals surface area contributed by atoms with Gasteiger partial charge < -0.3 is 10.1 Å². The summed E-state index contributed by atoms with van der Waals surface area (Å²) in [5, 5.41) is 3.20. The van der Waals surface area contributed by atoms with Gasteiger partial charge in [0.2, 0.25) is 0 Å². The normalized spacial score (nSPS) is 12.7. The number of hydrogen-bond donors (Lipinski definition) is 1. The van der Waals surface area contributed by atoms with Crippen molar-refractivity contribution in [2.75, 3.05) is 18.1 Å². The van der Waals surface area contributed by atoms with E-state index in [0.717, 1.165) is 10.5 Å². The number of ether oxygens (including phenoxy) is 1. The molecule has 8 heteroatoms. The number of nitrogens with one attached hydrogen (secondary N) is 1. The van der Waals surface area contributed by atoms with Crippen LogP contribution < -0.4 is 10.2 Å². The minimum absolute atomic E-state index is 0.246. The molecule has 27 heavy (non-hydrogen) atoms. The predicted octanol–water partition coefficient (Wildman–Crippen LogP) is 1.73. The molecule has 3 rings (SSSR count). The summed E-state index contributed by atoms with van der Waals surface area (Å²) in [5.74, 6) is -2.73. The number of halogens is 1. The van der Waals surface area contributed by atoms with E-state index >= 15 is 0 Å². The van der Waals surface area contributed by atoms with Crippen LogP contribution in [-0.4, -0.2) is 36.7 Å². The summed E-state index contributed by atoms with van der Waals surface area (Å²) >= 11 is 5.79. The Morgan fingerprint density at radius 2 is 1.74 bits per heavy atom. The van der Waals surface area contributed by atoms with Crippen molar-refractivity contribution in [1.82, 2.24) is 5.32 Å². The lowest BCUT2D eigenvalue weighted by Crippen LogP contribution is -2.37. The van der Waals surface area contributed by atoms with Crippen LogP contribution in [0.15, 0.2) is 48.5 Å². The average molecular weight is 387 g/mol. The number of Topliss-reactive ketones (excluding diaryl/α,β-unsaturated/α-hetero) is 1. The number of hydrogen-bond acceptors (Lipinski definition) is 5. The lowest BCUT2D eigenvalue weighted by atomic mass is 10.1. The summed E-state index contributed by atoms with van der Waals surface area (Å²) < 4.78 is 4.89. The van der Waals surface area contributed by atoms with E-state index in [1.807, 2.05) is 0 Å². The number of esters is 1. The first-order valence-corrected chi connectivity index (χ1v) is 8.45. The number of anilines is 1. The number of benzene rings is 2. The van der Waals surface area contributed by atoms with E-state index in [4.69, 9.17) is 16.3 Å². The van der Waals surface area contributed by atoms with Crippen LogP contribution in [0.1, 0.15) is 15.9 Å². The Balaban J connectivity index is 1.48. The number of fused-ring (bicyclic) bond motifs is 1. The number of ketones is 1. The molecular formula is C19H15ClN2O5. The van der Waals surface area contributed by atoms with E-state index in [2.05, 4.69) is 5.32 Å². The van der Waals surface area contributed by atoms with Crippen molar-refractivity contribution in [3.63, 3.8) is 0 Å². The monoisotopic (exact) mass is 386 g/mol. The van der Waals surface area contributed by atoms with Gasteiger partial charge in [0.15, 0.2) is 6.61 Å². The highest BCUT2D eigenvalue weighted by Gasteiger charge is 2.36. The Hall–Kier alpha value is -3.19. The van der Waals surface area contributed by atoms with E-state index in [0.29, 0.717) is 10.7 Å². The smallest absolute Gasteiger partial charge is 0.326 e. The molecule has 0 aliphatic carbocycles. The topological polar surface area (TPSA) is 92.8 Å². The molecule has 7 nitrogen and oxygen atoms in total. The quantitative estimate of drug-likeness (QED) is 0.603. The van der Waals surface area contributed by atoms with Gasteiger partial charge in [-0.2, -0.15) is 0 Å². The molecule has 0 atom stereocenters. The molecule has 0 saturated carbocycles. The van der Waals surface area contributed by atoms with Crippen LogP contribution in [0.5, 0.6) is 0 Å². The highest BCUT2D eigenvalue weighted by molar-refractivity contribution is 6.52. The second kappa shape index (κ2) is 8.01. The molecule has 0 aromatic heterocycles. The summed E-state index contributed by atoms with van der Waals surface area (Å²) in [5.41, 5.74) is 1.45. The Labute approximate surface area is 159 Å². The zero-order chi connectivity index (χ0) is 19.4. The molecule has 0 saturated heterocycles. The molecule has 2 aromatic rings. The van der Waals surface area contributed by atoms with Gasteiger partial charge in [-0.1, -0.05) is 35.9 Å². The van der Waals surface area contributed by atoms with Crippen molar-refractivity contribution in [3.8, 4) is 0 Å². The Kier molecular flexibility index (Phi) is 5.52. The summed E-state index contributed by atoms with van der Waals surface area (Å²) in [6.45, 7) is -0.657. The van der Waals surface area contributed by atoms with Gasteiger partial charge in [0.25, 0.3) is 17.6 Å². The van der Waals surface area contributed by atoms with Gasteiger partial charge in [0.1, 0.15) is 6.54 Å². The fourth-order valence-electron chi connectivity index (χ4n) is 2.58. The van der Waals surface area contributed by atoms with Crippen molar-refractivity contribution in [2.45, 2.75) is 6.54 Å². The molecule has 1 aliphatic rings. The Morgan fingerprint density at radius 1 is 1.04 bits per heavy atom. The molecule has 1 aliphatic heterocycles. The number of nitrogens with zero attached hydrogens (tertiary/aromatic N) is 1. The van der Waals surface area contributed by atoms with Crippen LogP contribution >= 0.6 is 11.6 Å². The first-order chi connectivity index (χ1) is 13.0. The Morgan fingerprint density at radius 3 is 2.48 bits per heavy atom. The zero-order valence-electron chi connectivity index (χ0n) is 14.1. The minimum Gasteiger partial charge on any atom is -0.454 e. The third kappa shape index (κ3) is 4.32. The van der Waals surface area contributed by atoms with Crippen LogP contribution in [0.4, 0.5) is 5.69 Å². The maximum Gasteiger partial charge on any atom is 0.326 e. The number of amides is 2. The number of carbonyl (C=O) groups excluding carboxylic acids is 4. The fraction of sp³-hybridized carbons (Fsp3) is 0.158. The predicted molar refractivity (Wildman–Crippen MR) is 97.4 cm³/mol. The Bertz CT molecular complexity index is 911. The van der Waals surface area contributed by atoms with Crippen molar-refractivity contribution >= 4 is 40.9 Å². The van der Waals surface area contributed by atoms with Crippen LogP contribution in [0.25, 0.3) is 0 Å². The molecule has 1 heterocycles. The molecule has 0 radical (unpaired) electrons. The van der Waals surface area contributed by atoms with Crippen LogP contribution in [0.2, 0.25) is 5.02 Å². The zero-order valence-corrected chi connectivity index (χ0v) is 14.9. The molecule has 138 valence electrons. The molecule has 0 fully saturated rings. The SMILES string of the molecule is O=C(COC(=O)CN1C(=O)C(=O)c2ccccc21)NCc1ccc(Cl)cc1. The van der Waals surface area contributed by atoms with E-state index in [-0.39, 0.29) is 12.1 Å². The fourth-order valence-corrected chi connectivity index (χ4v) is 2.71. The third-order valence-electron chi connectivity index (χ3n) is 3.93. The minimum atomic E-state index is -0.791. The van der Waals surface area contributed by atoms with Crippen molar-refractivity contribution < 1.29 is 23.9 Å². The lowest BCUT2D eigenvalue weighted by molar-refractivity contribution is -0.147. The molecule has 1 N–H and O–H groups in total. The van der Waals surface area contributed by atoms with E-state index in [9.17, 15) is 19.2 Å². The summed E-state index contributed by atoms with van der Waals surface area (Å²) in [6, 6.07) is 13.3. The first kappa shape index (κ1) is 18.6. The van der Waals surface area contributed by atoms with Crippen LogP contribution in [0, 0.1) is 0 Å². The largest absolute Gasteiger partial charge is 0.454 e. The van der Waals surface area contributed by atoms with Gasteiger partial charge in [-0.15, -0.1) is 0 Å². The maximum absolute atomic E-state index is 12.0. The first-order valence-electron chi connectivity index (χ1n) is 8.07. The molecule has 2 aromatic carbocycles. The second-order valence-electron chi connectivity index (χ2n) is 5.80. The van der Waals surface area contributed by atoms with Gasteiger partial charge in [-0.25, -0.2) is 0 Å². The number of para-hydroxylation sites is 1. The van der Waals surface area contributed by atoms with Crippen LogP contribution in [-0.2, 0) is 25.7 Å². The van der Waals surface area contributed by atoms with Crippen molar-refractivity contribution in [2.24, 2.45) is 0 Å². The molecular weight excluding hydrogens is 372 g/mol. The van der Waals surface area contributed by atoms with Crippen LogP contribution in [0.3, 0.4) is 0 Å². The maximum atomic E-state index is 12.0. The van der Waals surface area contributed by atoms with Gasteiger partial charge in [0.05, 0.1) is 11.3 Å². The van der Waals surface area contributed by atoms with Crippen molar-refractivity contribution in [1.29, 1.82) is 0 Å². The van der Waals surface area contributed by atoms with Gasteiger partial charge in [0, 0.05) is 11.6 Å². The second-order valence-corrected chi connectivity index (χ2v) is 6.24. The van der Waals surface area contributed by atoms with Gasteiger partial charge in [-0.05, 0) is 29.8 Å². The van der Waals surface area contributed by atoms with Crippen molar-refractivity contribution in [3.05, 3.63) is 64.7 Å². The molecule has 0 unspecified atom stereocenters. The number of rotatable bonds is 6. The highest BCUT2D eigenvalue weighted by Crippen LogP contribution is 2.28. The van der Waals surface area contributed by atoms with E-state index < -0.39 is 36.7 Å². The summed E-state index contributed by atoms with van der Waals surface area (Å²) in [7, 11) is 0. The summed E-state index contributed by atoms with van der Waals surface area (Å²) in [4.78, 5) is 48.7. The standard InChI is InChI=1S/C19H15ClN2O5/c20-13-7-5-12(6-8-13)9-21-16(23)11-27-17(24)10-22-15-4-2-1-3-14(15)18(25)19(22)26/h1-8H,9-11H2,(H,21,23). The summed E-state index contributed by atoms with van der Waals surface area (Å²) in [6.07, 6.45) is 0. The van der Waals surface area contributed by atoms with E-state index in [1.54, 1.807) is 42.5 Å². The molecule has 0 spiro atoms. The van der Waals surface area contributed by atoms with E-state index in [1.165, 1.54) is 6.07 Å². The third-order valence-corrected chi connectivity index (χ3v) is 4.19. The lowest BCUT2D eigenvalue weighted by Gasteiger charge is -2.15. The van der Waals surface area contributed by atoms with Gasteiger partial charge >= 0.3 is 5.97 Å². The molecule has 0 bridgehead atoms.